The number of hydrogen-bond acceptors (Lipinski definition) is 6. The number of aromatic amines is 2. The van der Waals surface area contributed by atoms with Crippen LogP contribution in [0.5, 0.6) is 17.2 Å². The predicted octanol–water partition coefficient (Wildman–Crippen LogP) is 7.12. The number of hydrogen-bond donors (Lipinski definition) is 2. The van der Waals surface area contributed by atoms with Crippen molar-refractivity contribution in [1.29, 1.82) is 0 Å². The standard InChI is InChI=1S/C33H29F3N6O2/c34-33(35,36)32-38-26-9-5-11-28(30(26)40-32)43-21-20-41-16-18-42(19-17-41)27-10-4-8-25-29(27)39-31(37-25)22-12-14-24(15-13-22)44-23-6-2-1-3-7-23/h1-15H,16-21H2,(H,37,39)(H,38,40). The average Bonchev–Trinajstić information content (AvgIpc) is 3.68. The number of fused-ring (bicyclic) bond motifs is 2. The van der Waals surface area contributed by atoms with Crippen molar-refractivity contribution >= 4 is 27.8 Å². The molecular formula is C33H29F3N6O2. The van der Waals surface area contributed by atoms with Gasteiger partial charge in [0.2, 0.25) is 5.82 Å². The molecule has 11 heteroatoms. The van der Waals surface area contributed by atoms with E-state index in [9.17, 15) is 13.2 Å². The molecule has 0 bridgehead atoms. The molecular weight excluding hydrogens is 569 g/mol. The second-order valence-electron chi connectivity index (χ2n) is 10.6. The highest BCUT2D eigenvalue weighted by Crippen LogP contribution is 2.33. The molecule has 0 spiro atoms. The van der Waals surface area contributed by atoms with Gasteiger partial charge < -0.3 is 24.3 Å². The predicted molar refractivity (Wildman–Crippen MR) is 163 cm³/mol. The fourth-order valence-electron chi connectivity index (χ4n) is 5.47. The maximum Gasteiger partial charge on any atom is 0.449 e. The monoisotopic (exact) mass is 598 g/mol. The number of rotatable bonds is 8. The van der Waals surface area contributed by atoms with E-state index in [4.69, 9.17) is 14.5 Å². The topological polar surface area (TPSA) is 82.3 Å². The lowest BCUT2D eigenvalue weighted by Crippen LogP contribution is -2.47. The van der Waals surface area contributed by atoms with Crippen LogP contribution in [-0.2, 0) is 6.18 Å². The van der Waals surface area contributed by atoms with Crippen molar-refractivity contribution in [2.45, 2.75) is 6.18 Å². The summed E-state index contributed by atoms with van der Waals surface area (Å²) in [6.45, 7) is 4.28. The van der Waals surface area contributed by atoms with Crippen LogP contribution in [0, 0.1) is 0 Å². The van der Waals surface area contributed by atoms with Crippen LogP contribution in [0.1, 0.15) is 5.82 Å². The zero-order chi connectivity index (χ0) is 30.1. The number of H-pyrrole nitrogens is 2. The average molecular weight is 599 g/mol. The SMILES string of the molecule is FC(F)(F)c1nc2c(OCCN3CCN(c4cccc5[nH]c(-c6ccc(Oc7ccccc7)cc6)nc45)CC3)cccc2[nH]1. The van der Waals surface area contributed by atoms with Crippen molar-refractivity contribution in [2.24, 2.45) is 0 Å². The number of aromatic nitrogens is 4. The van der Waals surface area contributed by atoms with Gasteiger partial charge in [-0.15, -0.1) is 0 Å². The van der Waals surface area contributed by atoms with E-state index in [0.717, 1.165) is 65.8 Å². The number of benzene rings is 4. The lowest BCUT2D eigenvalue weighted by Gasteiger charge is -2.36. The molecule has 7 rings (SSSR count). The third-order valence-electron chi connectivity index (χ3n) is 7.72. The fraction of sp³-hybridized carbons (Fsp3) is 0.212. The van der Waals surface area contributed by atoms with Gasteiger partial charge in [-0.1, -0.05) is 30.3 Å². The van der Waals surface area contributed by atoms with Crippen LogP contribution < -0.4 is 14.4 Å². The van der Waals surface area contributed by atoms with Gasteiger partial charge in [0.05, 0.1) is 16.7 Å². The van der Waals surface area contributed by atoms with E-state index in [0.29, 0.717) is 24.4 Å². The first-order chi connectivity index (χ1) is 21.4. The molecule has 1 saturated heterocycles. The molecule has 1 aliphatic rings. The van der Waals surface area contributed by atoms with Gasteiger partial charge in [-0.05, 0) is 60.7 Å². The number of nitrogens with one attached hydrogen (secondary N) is 2. The highest BCUT2D eigenvalue weighted by atomic mass is 19.4. The Morgan fingerprint density at radius 1 is 0.705 bits per heavy atom. The number of piperazine rings is 1. The van der Waals surface area contributed by atoms with E-state index in [1.165, 1.54) is 0 Å². The van der Waals surface area contributed by atoms with Crippen LogP contribution in [-0.4, -0.2) is 64.2 Å². The van der Waals surface area contributed by atoms with Crippen molar-refractivity contribution in [3.63, 3.8) is 0 Å². The van der Waals surface area contributed by atoms with Crippen LogP contribution in [0.15, 0.2) is 91.0 Å². The number of halogens is 3. The first-order valence-corrected chi connectivity index (χ1v) is 14.4. The minimum atomic E-state index is -4.54. The van der Waals surface area contributed by atoms with Gasteiger partial charge in [-0.3, -0.25) is 4.90 Å². The Labute approximate surface area is 251 Å². The molecule has 8 nitrogen and oxygen atoms in total. The van der Waals surface area contributed by atoms with Crippen molar-refractivity contribution < 1.29 is 22.6 Å². The highest BCUT2D eigenvalue weighted by molar-refractivity contribution is 5.91. The van der Waals surface area contributed by atoms with Gasteiger partial charge in [0, 0.05) is 38.3 Å². The summed E-state index contributed by atoms with van der Waals surface area (Å²) in [4.78, 5) is 19.1. The van der Waals surface area contributed by atoms with Gasteiger partial charge in [-0.2, -0.15) is 13.2 Å². The summed E-state index contributed by atoms with van der Waals surface area (Å²) in [6, 6.07) is 28.6. The first kappa shape index (κ1) is 27.8. The Morgan fingerprint density at radius 2 is 1.41 bits per heavy atom. The third-order valence-corrected chi connectivity index (χ3v) is 7.72. The number of alkyl halides is 3. The number of anilines is 1. The maximum atomic E-state index is 13.1. The summed E-state index contributed by atoms with van der Waals surface area (Å²) in [5.41, 5.74) is 4.43. The maximum absolute atomic E-state index is 13.1. The Kier molecular flexibility index (Phi) is 7.31. The molecule has 0 radical (unpaired) electrons. The minimum Gasteiger partial charge on any atom is -0.490 e. The van der Waals surface area contributed by atoms with Gasteiger partial charge in [0.1, 0.15) is 40.7 Å². The van der Waals surface area contributed by atoms with Crippen molar-refractivity contribution in [3.8, 4) is 28.6 Å². The second kappa shape index (κ2) is 11.6. The number of nitrogens with zero attached hydrogens (tertiary/aromatic N) is 4. The molecule has 0 unspecified atom stereocenters. The molecule has 0 amide bonds. The largest absolute Gasteiger partial charge is 0.490 e. The highest BCUT2D eigenvalue weighted by Gasteiger charge is 2.35. The molecule has 4 aromatic carbocycles. The smallest absolute Gasteiger partial charge is 0.449 e. The van der Waals surface area contributed by atoms with Gasteiger partial charge in [0.25, 0.3) is 0 Å². The molecule has 2 aromatic heterocycles. The number of ether oxygens (including phenoxy) is 2. The molecule has 0 aliphatic carbocycles. The fourth-order valence-corrected chi connectivity index (χ4v) is 5.47. The van der Waals surface area contributed by atoms with Crippen LogP contribution in [0.25, 0.3) is 33.5 Å². The third kappa shape index (κ3) is 5.78. The van der Waals surface area contributed by atoms with E-state index >= 15 is 0 Å². The van der Waals surface area contributed by atoms with E-state index in [1.54, 1.807) is 18.2 Å². The molecule has 2 N–H and O–H groups in total. The Balaban J connectivity index is 0.971. The number of imidazole rings is 2. The van der Waals surface area contributed by atoms with E-state index < -0.39 is 12.0 Å². The van der Waals surface area contributed by atoms with Gasteiger partial charge in [-0.25, -0.2) is 9.97 Å². The Bertz CT molecular complexity index is 1880. The summed E-state index contributed by atoms with van der Waals surface area (Å²) in [5.74, 6) is 1.66. The lowest BCUT2D eigenvalue weighted by atomic mass is 10.2. The quantitative estimate of drug-likeness (QED) is 0.194. The summed E-state index contributed by atoms with van der Waals surface area (Å²) in [7, 11) is 0. The Hall–Kier alpha value is -5.03. The van der Waals surface area contributed by atoms with E-state index in [-0.39, 0.29) is 5.52 Å². The summed E-state index contributed by atoms with van der Waals surface area (Å²) < 4.78 is 51.1. The summed E-state index contributed by atoms with van der Waals surface area (Å²) in [5, 5.41) is 0. The molecule has 44 heavy (non-hydrogen) atoms. The van der Waals surface area contributed by atoms with Crippen molar-refractivity contribution in [3.05, 3.63) is 96.8 Å². The van der Waals surface area contributed by atoms with Crippen LogP contribution >= 0.6 is 0 Å². The summed E-state index contributed by atoms with van der Waals surface area (Å²) >= 11 is 0. The zero-order valence-electron chi connectivity index (χ0n) is 23.6. The van der Waals surface area contributed by atoms with Gasteiger partial charge >= 0.3 is 6.18 Å². The molecule has 0 atom stereocenters. The minimum absolute atomic E-state index is 0.188. The molecule has 6 aromatic rings. The lowest BCUT2D eigenvalue weighted by molar-refractivity contribution is -0.144. The number of para-hydroxylation sites is 3. The molecule has 1 fully saturated rings. The molecule has 1 aliphatic heterocycles. The second-order valence-corrected chi connectivity index (χ2v) is 10.6. The first-order valence-electron chi connectivity index (χ1n) is 14.4. The van der Waals surface area contributed by atoms with Crippen LogP contribution in [0.4, 0.5) is 18.9 Å². The van der Waals surface area contributed by atoms with Crippen LogP contribution in [0.3, 0.4) is 0 Å². The Morgan fingerprint density at radius 3 is 2.16 bits per heavy atom. The normalized spacial score (nSPS) is 14.4. The van der Waals surface area contributed by atoms with Crippen LogP contribution in [0.2, 0.25) is 0 Å². The van der Waals surface area contributed by atoms with Crippen molar-refractivity contribution in [1.82, 2.24) is 24.8 Å². The van der Waals surface area contributed by atoms with E-state index in [1.807, 2.05) is 66.7 Å². The van der Waals surface area contributed by atoms with Crippen molar-refractivity contribution in [2.75, 3.05) is 44.2 Å². The molecule has 224 valence electrons. The zero-order valence-corrected chi connectivity index (χ0v) is 23.6. The summed E-state index contributed by atoms with van der Waals surface area (Å²) in [6.07, 6.45) is -4.54. The van der Waals surface area contributed by atoms with E-state index in [2.05, 4.69) is 30.8 Å². The molecule has 0 saturated carbocycles. The molecule has 3 heterocycles. The van der Waals surface area contributed by atoms with Gasteiger partial charge in [0.15, 0.2) is 0 Å².